The fourth-order valence-corrected chi connectivity index (χ4v) is 1.45. The first-order valence-electron chi connectivity index (χ1n) is 4.90. The largest absolute Gasteiger partial charge is 0.359 e. The van der Waals surface area contributed by atoms with E-state index in [0.717, 1.165) is 18.2 Å². The predicted molar refractivity (Wildman–Crippen MR) is 59.8 cm³/mol. The first-order chi connectivity index (χ1) is 7.29. The lowest BCUT2D eigenvalue weighted by Crippen LogP contribution is -2.04. The van der Waals surface area contributed by atoms with Crippen molar-refractivity contribution in [1.29, 1.82) is 0 Å². The molecule has 0 aromatic carbocycles. The molecule has 4 heteroatoms. The van der Waals surface area contributed by atoms with Crippen molar-refractivity contribution in [1.82, 2.24) is 14.5 Å². The van der Waals surface area contributed by atoms with E-state index in [1.165, 1.54) is 5.56 Å². The van der Waals surface area contributed by atoms with E-state index >= 15 is 0 Å². The molecule has 0 aliphatic carbocycles. The number of imidazole rings is 1. The molecule has 0 fully saturated rings. The monoisotopic (exact) mass is 202 g/mol. The van der Waals surface area contributed by atoms with E-state index in [9.17, 15) is 0 Å². The molecule has 0 radical (unpaired) electrons. The Balaban J connectivity index is 2.18. The van der Waals surface area contributed by atoms with Gasteiger partial charge in [-0.2, -0.15) is 0 Å². The first-order valence-corrected chi connectivity index (χ1v) is 4.90. The number of hydrogen-bond donors (Lipinski definition) is 1. The number of aromatic nitrogens is 3. The van der Waals surface area contributed by atoms with Gasteiger partial charge in [-0.25, -0.2) is 4.98 Å². The van der Waals surface area contributed by atoms with Gasteiger partial charge in [-0.1, -0.05) is 6.07 Å². The fraction of sp³-hybridized carbons (Fsp3) is 0.273. The molecule has 0 saturated heterocycles. The minimum Gasteiger partial charge on any atom is -0.359 e. The van der Waals surface area contributed by atoms with E-state index < -0.39 is 0 Å². The first kappa shape index (κ1) is 9.71. The summed E-state index contributed by atoms with van der Waals surface area (Å²) in [6.07, 6.45) is 5.63. The van der Waals surface area contributed by atoms with Gasteiger partial charge in [-0.3, -0.25) is 4.98 Å². The second-order valence-electron chi connectivity index (χ2n) is 3.44. The van der Waals surface area contributed by atoms with E-state index in [0.29, 0.717) is 0 Å². The molecular formula is C11H14N4. The van der Waals surface area contributed by atoms with Crippen molar-refractivity contribution in [3.8, 4) is 0 Å². The maximum absolute atomic E-state index is 4.26. The maximum atomic E-state index is 4.26. The standard InChI is InChI=1S/C11H14N4/c1-9-3-4-10(7-14-9)8-15-6-5-13-11(15)12-2/h3-7H,8H2,1-2H3,(H,12,13). The van der Waals surface area contributed by atoms with Crippen molar-refractivity contribution in [2.24, 2.45) is 0 Å². The zero-order valence-electron chi connectivity index (χ0n) is 8.94. The summed E-state index contributed by atoms with van der Waals surface area (Å²) >= 11 is 0. The molecule has 0 spiro atoms. The number of rotatable bonds is 3. The van der Waals surface area contributed by atoms with E-state index in [4.69, 9.17) is 0 Å². The Morgan fingerprint density at radius 1 is 1.33 bits per heavy atom. The molecule has 78 valence electrons. The highest BCUT2D eigenvalue weighted by Gasteiger charge is 2.00. The lowest BCUT2D eigenvalue weighted by atomic mass is 10.2. The van der Waals surface area contributed by atoms with Crippen LogP contribution in [0.15, 0.2) is 30.7 Å². The number of hydrogen-bond acceptors (Lipinski definition) is 3. The molecule has 0 saturated carbocycles. The van der Waals surface area contributed by atoms with Gasteiger partial charge in [0.2, 0.25) is 5.95 Å². The summed E-state index contributed by atoms with van der Waals surface area (Å²) in [5.41, 5.74) is 2.22. The molecule has 0 atom stereocenters. The van der Waals surface area contributed by atoms with Crippen LogP contribution in [0.25, 0.3) is 0 Å². The van der Waals surface area contributed by atoms with Crippen LogP contribution in [0.3, 0.4) is 0 Å². The van der Waals surface area contributed by atoms with Gasteiger partial charge < -0.3 is 9.88 Å². The fourth-order valence-electron chi connectivity index (χ4n) is 1.45. The summed E-state index contributed by atoms with van der Waals surface area (Å²) in [4.78, 5) is 8.44. The Hall–Kier alpha value is -1.84. The third-order valence-electron chi connectivity index (χ3n) is 2.26. The highest BCUT2D eigenvalue weighted by molar-refractivity contribution is 5.26. The molecule has 4 nitrogen and oxygen atoms in total. The van der Waals surface area contributed by atoms with Crippen LogP contribution in [-0.2, 0) is 6.54 Å². The maximum Gasteiger partial charge on any atom is 0.202 e. The topological polar surface area (TPSA) is 42.7 Å². The highest BCUT2D eigenvalue weighted by atomic mass is 15.2. The zero-order chi connectivity index (χ0) is 10.7. The Labute approximate surface area is 89.0 Å². The molecule has 15 heavy (non-hydrogen) atoms. The number of pyridine rings is 1. The van der Waals surface area contributed by atoms with Crippen LogP contribution in [0.1, 0.15) is 11.3 Å². The van der Waals surface area contributed by atoms with E-state index in [-0.39, 0.29) is 0 Å². The Kier molecular flexibility index (Phi) is 2.67. The van der Waals surface area contributed by atoms with Crippen LogP contribution in [0.4, 0.5) is 5.95 Å². The summed E-state index contributed by atoms with van der Waals surface area (Å²) < 4.78 is 2.05. The summed E-state index contributed by atoms with van der Waals surface area (Å²) in [5.74, 6) is 0.871. The molecule has 0 amide bonds. The predicted octanol–water partition coefficient (Wildman–Crippen LogP) is 1.68. The molecule has 2 aromatic rings. The number of anilines is 1. The van der Waals surface area contributed by atoms with Gasteiger partial charge in [0.15, 0.2) is 0 Å². The molecule has 0 aliphatic heterocycles. The Morgan fingerprint density at radius 2 is 2.20 bits per heavy atom. The molecule has 0 unspecified atom stereocenters. The lowest BCUT2D eigenvalue weighted by molar-refractivity contribution is 0.800. The average Bonchev–Trinajstić information content (AvgIpc) is 2.69. The van der Waals surface area contributed by atoms with Crippen LogP contribution in [0.2, 0.25) is 0 Å². The Morgan fingerprint density at radius 3 is 2.87 bits per heavy atom. The van der Waals surface area contributed by atoms with Gasteiger partial charge in [-0.15, -0.1) is 0 Å². The summed E-state index contributed by atoms with van der Waals surface area (Å²) in [6, 6.07) is 4.10. The molecule has 0 aliphatic rings. The minimum absolute atomic E-state index is 0.795. The van der Waals surface area contributed by atoms with Gasteiger partial charge in [-0.05, 0) is 18.6 Å². The normalized spacial score (nSPS) is 10.3. The number of nitrogens with zero attached hydrogens (tertiary/aromatic N) is 3. The highest BCUT2D eigenvalue weighted by Crippen LogP contribution is 2.08. The van der Waals surface area contributed by atoms with E-state index in [1.807, 2.05) is 37.0 Å². The van der Waals surface area contributed by atoms with Gasteiger partial charge in [0, 0.05) is 31.3 Å². The van der Waals surface area contributed by atoms with Crippen LogP contribution in [-0.4, -0.2) is 21.6 Å². The van der Waals surface area contributed by atoms with E-state index in [2.05, 4.69) is 21.4 Å². The van der Waals surface area contributed by atoms with Crippen LogP contribution >= 0.6 is 0 Å². The molecule has 2 heterocycles. The molecule has 0 bridgehead atoms. The minimum atomic E-state index is 0.795. The number of aryl methyl sites for hydroxylation is 1. The van der Waals surface area contributed by atoms with Crippen LogP contribution in [0, 0.1) is 6.92 Å². The van der Waals surface area contributed by atoms with Gasteiger partial charge >= 0.3 is 0 Å². The van der Waals surface area contributed by atoms with Crippen molar-refractivity contribution in [3.05, 3.63) is 42.0 Å². The Bertz CT molecular complexity index is 430. The third-order valence-corrected chi connectivity index (χ3v) is 2.26. The second-order valence-corrected chi connectivity index (χ2v) is 3.44. The zero-order valence-corrected chi connectivity index (χ0v) is 8.94. The molecule has 1 N–H and O–H groups in total. The van der Waals surface area contributed by atoms with Crippen molar-refractivity contribution in [2.45, 2.75) is 13.5 Å². The smallest absolute Gasteiger partial charge is 0.202 e. The van der Waals surface area contributed by atoms with Crippen LogP contribution in [0.5, 0.6) is 0 Å². The average molecular weight is 202 g/mol. The van der Waals surface area contributed by atoms with E-state index in [1.54, 1.807) is 6.20 Å². The lowest BCUT2D eigenvalue weighted by Gasteiger charge is -2.06. The molecule has 2 rings (SSSR count). The van der Waals surface area contributed by atoms with Gasteiger partial charge in [0.05, 0.1) is 6.54 Å². The van der Waals surface area contributed by atoms with Gasteiger partial charge in [0.1, 0.15) is 0 Å². The van der Waals surface area contributed by atoms with Crippen molar-refractivity contribution < 1.29 is 0 Å². The van der Waals surface area contributed by atoms with Crippen molar-refractivity contribution in [3.63, 3.8) is 0 Å². The summed E-state index contributed by atoms with van der Waals surface area (Å²) in [5, 5.41) is 3.04. The van der Waals surface area contributed by atoms with Crippen molar-refractivity contribution in [2.75, 3.05) is 12.4 Å². The quantitative estimate of drug-likeness (QED) is 0.823. The SMILES string of the molecule is CNc1nccn1Cc1ccc(C)nc1. The molecule has 2 aromatic heterocycles. The summed E-state index contributed by atoms with van der Waals surface area (Å²) in [6.45, 7) is 2.78. The van der Waals surface area contributed by atoms with Gasteiger partial charge in [0.25, 0.3) is 0 Å². The number of nitrogens with one attached hydrogen (secondary N) is 1. The molecular weight excluding hydrogens is 188 g/mol. The third kappa shape index (κ3) is 2.15. The second kappa shape index (κ2) is 4.13. The van der Waals surface area contributed by atoms with Crippen LogP contribution < -0.4 is 5.32 Å². The summed E-state index contributed by atoms with van der Waals surface area (Å²) in [7, 11) is 1.87. The van der Waals surface area contributed by atoms with Crippen molar-refractivity contribution >= 4 is 5.95 Å².